The van der Waals surface area contributed by atoms with Crippen molar-refractivity contribution in [2.45, 2.75) is 25.1 Å². The van der Waals surface area contributed by atoms with Gasteiger partial charge in [-0.2, -0.15) is 13.2 Å². The van der Waals surface area contributed by atoms with E-state index in [4.69, 9.17) is 0 Å². The van der Waals surface area contributed by atoms with Crippen LogP contribution in [0.5, 0.6) is 0 Å². The van der Waals surface area contributed by atoms with Crippen LogP contribution in [0.2, 0.25) is 0 Å². The first kappa shape index (κ1) is 16.1. The molecule has 7 heteroatoms. The zero-order valence-electron chi connectivity index (χ0n) is 12.8. The van der Waals surface area contributed by atoms with E-state index in [1.165, 1.54) is 12.1 Å². The fourth-order valence-electron chi connectivity index (χ4n) is 3.19. The van der Waals surface area contributed by atoms with Gasteiger partial charge in [-0.05, 0) is 24.6 Å². The lowest BCUT2D eigenvalue weighted by atomic mass is 10.1. The van der Waals surface area contributed by atoms with E-state index >= 15 is 0 Å². The van der Waals surface area contributed by atoms with Gasteiger partial charge in [-0.3, -0.25) is 9.69 Å². The molecule has 1 atom stereocenters. The number of nitrogens with one attached hydrogen (secondary N) is 1. The normalized spacial score (nSPS) is 23.2. The zero-order valence-corrected chi connectivity index (χ0v) is 12.8. The molecule has 126 valence electrons. The van der Waals surface area contributed by atoms with Crippen molar-refractivity contribution in [3.05, 3.63) is 29.8 Å². The van der Waals surface area contributed by atoms with Gasteiger partial charge >= 0.3 is 6.18 Å². The Bertz CT molecular complexity index is 568. The molecule has 2 fully saturated rings. The molecule has 4 nitrogen and oxygen atoms in total. The second-order valence-electron chi connectivity index (χ2n) is 6.14. The molecule has 2 heterocycles. The van der Waals surface area contributed by atoms with E-state index in [9.17, 15) is 18.0 Å². The molecule has 0 radical (unpaired) electrons. The monoisotopic (exact) mass is 327 g/mol. The molecule has 0 aliphatic carbocycles. The lowest BCUT2D eigenvalue weighted by molar-refractivity contribution is -0.137. The summed E-state index contributed by atoms with van der Waals surface area (Å²) in [5.41, 5.74) is 0.0136. The Kier molecular flexibility index (Phi) is 4.48. The molecule has 1 unspecified atom stereocenters. The lowest BCUT2D eigenvalue weighted by Gasteiger charge is -2.37. The van der Waals surface area contributed by atoms with Gasteiger partial charge in [-0.1, -0.05) is 6.07 Å². The molecule has 2 aliphatic rings. The number of alkyl halides is 3. The summed E-state index contributed by atoms with van der Waals surface area (Å²) < 4.78 is 38.4. The number of rotatable bonds is 3. The first-order valence-corrected chi connectivity index (χ1v) is 7.86. The average molecular weight is 327 g/mol. The molecule has 1 aromatic rings. The van der Waals surface area contributed by atoms with Crippen LogP contribution in [-0.4, -0.2) is 49.6 Å². The van der Waals surface area contributed by atoms with Gasteiger partial charge in [0.25, 0.3) is 0 Å². The second kappa shape index (κ2) is 6.39. The predicted molar refractivity (Wildman–Crippen MR) is 81.3 cm³/mol. The largest absolute Gasteiger partial charge is 0.416 e. The summed E-state index contributed by atoms with van der Waals surface area (Å²) in [6.07, 6.45) is -2.85. The molecule has 3 rings (SSSR count). The standard InChI is InChI=1S/C16H20F3N3O/c17-16(18,19)12-2-1-3-14(10-12)22-8-6-21(7-9-22)11-13-4-5-15(23)20-13/h1-3,10,13H,4-9,11H2,(H,20,23). The van der Waals surface area contributed by atoms with Gasteiger partial charge in [0.05, 0.1) is 5.56 Å². The van der Waals surface area contributed by atoms with Crippen molar-refractivity contribution < 1.29 is 18.0 Å². The molecular weight excluding hydrogens is 307 g/mol. The van der Waals surface area contributed by atoms with Crippen LogP contribution in [-0.2, 0) is 11.0 Å². The van der Waals surface area contributed by atoms with Gasteiger partial charge in [0, 0.05) is 50.9 Å². The van der Waals surface area contributed by atoms with Crippen molar-refractivity contribution in [3.63, 3.8) is 0 Å². The highest BCUT2D eigenvalue weighted by molar-refractivity contribution is 5.78. The van der Waals surface area contributed by atoms with Crippen LogP contribution in [0.4, 0.5) is 18.9 Å². The summed E-state index contributed by atoms with van der Waals surface area (Å²) in [7, 11) is 0. The van der Waals surface area contributed by atoms with E-state index in [0.717, 1.165) is 32.1 Å². The minimum absolute atomic E-state index is 0.109. The van der Waals surface area contributed by atoms with Gasteiger partial charge in [-0.25, -0.2) is 0 Å². The van der Waals surface area contributed by atoms with Crippen LogP contribution in [0.25, 0.3) is 0 Å². The van der Waals surface area contributed by atoms with Crippen molar-refractivity contribution >= 4 is 11.6 Å². The molecule has 0 saturated carbocycles. The van der Waals surface area contributed by atoms with E-state index in [-0.39, 0.29) is 11.9 Å². The Morgan fingerprint density at radius 3 is 2.52 bits per heavy atom. The molecule has 0 bridgehead atoms. The molecule has 0 spiro atoms. The van der Waals surface area contributed by atoms with E-state index in [1.807, 2.05) is 4.90 Å². The summed E-state index contributed by atoms with van der Waals surface area (Å²) in [6, 6.07) is 5.71. The number of carbonyl (C=O) groups excluding carboxylic acids is 1. The highest BCUT2D eigenvalue weighted by atomic mass is 19.4. The Balaban J connectivity index is 1.55. The van der Waals surface area contributed by atoms with Crippen LogP contribution >= 0.6 is 0 Å². The van der Waals surface area contributed by atoms with Crippen LogP contribution in [0, 0.1) is 0 Å². The maximum absolute atomic E-state index is 12.8. The summed E-state index contributed by atoms with van der Waals surface area (Å²) in [4.78, 5) is 15.5. The van der Waals surface area contributed by atoms with Crippen LogP contribution < -0.4 is 10.2 Å². The highest BCUT2D eigenvalue weighted by Gasteiger charge is 2.31. The summed E-state index contributed by atoms with van der Waals surface area (Å²) in [6.45, 7) is 3.80. The van der Waals surface area contributed by atoms with E-state index in [2.05, 4.69) is 10.2 Å². The molecule has 0 aromatic heterocycles. The van der Waals surface area contributed by atoms with Gasteiger partial charge in [0.1, 0.15) is 0 Å². The first-order chi connectivity index (χ1) is 10.9. The van der Waals surface area contributed by atoms with Crippen molar-refractivity contribution in [2.24, 2.45) is 0 Å². The molecule has 1 amide bonds. The summed E-state index contributed by atoms with van der Waals surface area (Å²) in [5, 5.41) is 2.95. The van der Waals surface area contributed by atoms with Crippen molar-refractivity contribution in [1.29, 1.82) is 0 Å². The number of benzene rings is 1. The highest BCUT2D eigenvalue weighted by Crippen LogP contribution is 2.31. The Hall–Kier alpha value is -1.76. The molecule has 2 aliphatic heterocycles. The van der Waals surface area contributed by atoms with Gasteiger partial charge < -0.3 is 10.2 Å². The van der Waals surface area contributed by atoms with Gasteiger partial charge in [0.2, 0.25) is 5.91 Å². The van der Waals surface area contributed by atoms with E-state index in [1.54, 1.807) is 6.07 Å². The Morgan fingerprint density at radius 2 is 1.91 bits per heavy atom. The fourth-order valence-corrected chi connectivity index (χ4v) is 3.19. The molecule has 1 aromatic carbocycles. The molecular formula is C16H20F3N3O. The van der Waals surface area contributed by atoms with Crippen LogP contribution in [0.15, 0.2) is 24.3 Å². The van der Waals surface area contributed by atoms with Crippen LogP contribution in [0.1, 0.15) is 18.4 Å². The van der Waals surface area contributed by atoms with Crippen molar-refractivity contribution in [1.82, 2.24) is 10.2 Å². The van der Waals surface area contributed by atoms with Crippen molar-refractivity contribution in [2.75, 3.05) is 37.6 Å². The fraction of sp³-hybridized carbons (Fsp3) is 0.562. The third kappa shape index (κ3) is 3.96. The second-order valence-corrected chi connectivity index (χ2v) is 6.14. The average Bonchev–Trinajstić information content (AvgIpc) is 2.92. The van der Waals surface area contributed by atoms with Gasteiger partial charge in [-0.15, -0.1) is 0 Å². The third-order valence-corrected chi connectivity index (χ3v) is 4.47. The number of hydrogen-bond donors (Lipinski definition) is 1. The van der Waals surface area contributed by atoms with Crippen molar-refractivity contribution in [3.8, 4) is 0 Å². The van der Waals surface area contributed by atoms with E-state index < -0.39 is 11.7 Å². The lowest BCUT2D eigenvalue weighted by Crippen LogP contribution is -2.50. The summed E-state index contributed by atoms with van der Waals surface area (Å²) in [5.74, 6) is 0.109. The number of piperazine rings is 1. The Labute approximate surface area is 133 Å². The van der Waals surface area contributed by atoms with Gasteiger partial charge in [0.15, 0.2) is 0 Å². The molecule has 23 heavy (non-hydrogen) atoms. The number of halogens is 3. The van der Waals surface area contributed by atoms with E-state index in [0.29, 0.717) is 25.2 Å². The number of anilines is 1. The third-order valence-electron chi connectivity index (χ3n) is 4.47. The predicted octanol–water partition coefficient (Wildman–Crippen LogP) is 2.11. The number of hydrogen-bond acceptors (Lipinski definition) is 3. The maximum Gasteiger partial charge on any atom is 0.416 e. The Morgan fingerprint density at radius 1 is 1.17 bits per heavy atom. The number of carbonyl (C=O) groups is 1. The maximum atomic E-state index is 12.8. The molecule has 2 saturated heterocycles. The first-order valence-electron chi connectivity index (χ1n) is 7.86. The molecule has 1 N–H and O–H groups in total. The topological polar surface area (TPSA) is 35.6 Å². The summed E-state index contributed by atoms with van der Waals surface area (Å²) >= 11 is 0. The SMILES string of the molecule is O=C1CCC(CN2CCN(c3cccc(C(F)(F)F)c3)CC2)N1. The zero-order chi connectivity index (χ0) is 16.4. The smallest absolute Gasteiger partial charge is 0.369 e. The minimum atomic E-state index is -4.31. The minimum Gasteiger partial charge on any atom is -0.369 e. The quantitative estimate of drug-likeness (QED) is 0.924. The number of nitrogens with zero attached hydrogens (tertiary/aromatic N) is 2. The van der Waals surface area contributed by atoms with Crippen LogP contribution in [0.3, 0.4) is 0 Å². The number of amides is 1.